The van der Waals surface area contributed by atoms with Crippen molar-refractivity contribution in [2.75, 3.05) is 11.9 Å². The number of hydrogen-bond donors (Lipinski definition) is 4. The van der Waals surface area contributed by atoms with Crippen LogP contribution in [-0.4, -0.2) is 42.8 Å². The molecular formula is C24H28N4O4S. The van der Waals surface area contributed by atoms with Crippen molar-refractivity contribution in [2.45, 2.75) is 45.1 Å². The Kier molecular flexibility index (Phi) is 6.73. The smallest absolute Gasteiger partial charge is 0.306 e. The third-order valence-electron chi connectivity index (χ3n) is 6.28. The quantitative estimate of drug-likeness (QED) is 0.409. The van der Waals surface area contributed by atoms with Crippen LogP contribution in [0.5, 0.6) is 0 Å². The van der Waals surface area contributed by atoms with Crippen LogP contribution >= 0.6 is 11.3 Å². The Balaban J connectivity index is 1.57. The fourth-order valence-electron chi connectivity index (χ4n) is 4.43. The zero-order valence-corrected chi connectivity index (χ0v) is 19.5. The van der Waals surface area contributed by atoms with E-state index in [2.05, 4.69) is 20.3 Å². The molecule has 0 amide bonds. The maximum atomic E-state index is 11.4. The highest BCUT2D eigenvalue weighted by Gasteiger charge is 2.43. The van der Waals surface area contributed by atoms with E-state index in [4.69, 9.17) is 0 Å². The number of carboxylic acid groups (broad SMARTS) is 1. The summed E-state index contributed by atoms with van der Waals surface area (Å²) in [6.07, 6.45) is 5.49. The number of thiazole rings is 1. The van der Waals surface area contributed by atoms with E-state index in [0.717, 1.165) is 27.4 Å². The molecule has 3 aromatic rings. The van der Waals surface area contributed by atoms with Crippen molar-refractivity contribution < 1.29 is 20.1 Å². The molecule has 0 radical (unpaired) electrons. The number of aliphatic carboxylic acids is 1. The number of benzene rings is 1. The largest absolute Gasteiger partial charge is 0.481 e. The number of hydrogen-bond acceptors (Lipinski definition) is 8. The van der Waals surface area contributed by atoms with Crippen LogP contribution in [0, 0.1) is 25.7 Å². The maximum absolute atomic E-state index is 11.4. The zero-order chi connectivity index (χ0) is 23.6. The molecule has 1 saturated carbocycles. The minimum atomic E-state index is -1.48. The molecule has 2 heterocycles. The highest BCUT2D eigenvalue weighted by molar-refractivity contribution is 7.15. The predicted molar refractivity (Wildman–Crippen MR) is 126 cm³/mol. The number of rotatable bonds is 7. The molecular weight excluding hydrogens is 440 g/mol. The monoisotopic (exact) mass is 468 g/mol. The summed E-state index contributed by atoms with van der Waals surface area (Å²) in [6, 6.07) is 7.85. The number of nitrogens with one attached hydrogen (secondary N) is 1. The molecule has 0 bridgehead atoms. The van der Waals surface area contributed by atoms with Crippen LogP contribution in [0.1, 0.15) is 41.9 Å². The van der Waals surface area contributed by atoms with Crippen molar-refractivity contribution in [1.82, 2.24) is 15.0 Å². The SMILES string of the molecule is Cc1cc(Nc2nccc(C)n2)cc(-c2cnc(C(O)(CO)C3CCC(C(=O)O)CC3)s2)c1. The summed E-state index contributed by atoms with van der Waals surface area (Å²) < 4.78 is 0. The van der Waals surface area contributed by atoms with Gasteiger partial charge in [-0.3, -0.25) is 4.79 Å². The Morgan fingerprint density at radius 3 is 2.61 bits per heavy atom. The van der Waals surface area contributed by atoms with Gasteiger partial charge in [0.05, 0.1) is 17.4 Å². The van der Waals surface area contributed by atoms with E-state index < -0.39 is 18.2 Å². The molecule has 1 aliphatic rings. The second kappa shape index (κ2) is 9.54. The van der Waals surface area contributed by atoms with Crippen LogP contribution in [0.25, 0.3) is 10.4 Å². The Morgan fingerprint density at radius 2 is 1.94 bits per heavy atom. The van der Waals surface area contributed by atoms with Gasteiger partial charge in [-0.05, 0) is 74.8 Å². The summed E-state index contributed by atoms with van der Waals surface area (Å²) in [5.74, 6) is -0.891. The lowest BCUT2D eigenvalue weighted by Gasteiger charge is -2.37. The topological polar surface area (TPSA) is 128 Å². The van der Waals surface area contributed by atoms with E-state index in [9.17, 15) is 20.1 Å². The zero-order valence-electron chi connectivity index (χ0n) is 18.7. The van der Waals surface area contributed by atoms with E-state index in [1.165, 1.54) is 11.3 Å². The van der Waals surface area contributed by atoms with Crippen molar-refractivity contribution in [2.24, 2.45) is 11.8 Å². The van der Waals surface area contributed by atoms with Crippen molar-refractivity contribution in [3.63, 3.8) is 0 Å². The number of nitrogens with zero attached hydrogens (tertiary/aromatic N) is 3. The molecule has 0 spiro atoms. The van der Waals surface area contributed by atoms with Gasteiger partial charge in [0, 0.05) is 23.8 Å². The third kappa shape index (κ3) is 5.05. The minimum absolute atomic E-state index is 0.231. The summed E-state index contributed by atoms with van der Waals surface area (Å²) in [5, 5.41) is 34.4. The van der Waals surface area contributed by atoms with Crippen molar-refractivity contribution in [1.29, 1.82) is 0 Å². The first-order valence-electron chi connectivity index (χ1n) is 11.0. The van der Waals surface area contributed by atoms with Crippen molar-refractivity contribution in [3.8, 4) is 10.4 Å². The fraction of sp³-hybridized carbons (Fsp3) is 0.417. The first-order valence-corrected chi connectivity index (χ1v) is 11.8. The number of aromatic nitrogens is 3. The van der Waals surface area contributed by atoms with Gasteiger partial charge in [0.2, 0.25) is 5.95 Å². The van der Waals surface area contributed by atoms with Crippen LogP contribution in [0.2, 0.25) is 0 Å². The second-order valence-electron chi connectivity index (χ2n) is 8.73. The average Bonchev–Trinajstić information content (AvgIpc) is 3.29. The lowest BCUT2D eigenvalue weighted by atomic mass is 9.74. The predicted octanol–water partition coefficient (Wildman–Crippen LogP) is 4.03. The molecule has 174 valence electrons. The van der Waals surface area contributed by atoms with Crippen LogP contribution in [0.3, 0.4) is 0 Å². The van der Waals surface area contributed by atoms with E-state index >= 15 is 0 Å². The Hall–Kier alpha value is -2.88. The normalized spacial score (nSPS) is 20.2. The number of aryl methyl sites for hydroxylation is 2. The summed E-state index contributed by atoms with van der Waals surface area (Å²) in [4.78, 5) is 25.2. The number of aliphatic hydroxyl groups excluding tert-OH is 1. The van der Waals surface area contributed by atoms with Crippen molar-refractivity contribution in [3.05, 3.63) is 52.9 Å². The number of aliphatic hydroxyl groups is 2. The minimum Gasteiger partial charge on any atom is -0.481 e. The molecule has 33 heavy (non-hydrogen) atoms. The highest BCUT2D eigenvalue weighted by Crippen LogP contribution is 2.43. The first-order chi connectivity index (χ1) is 15.8. The molecule has 8 nitrogen and oxygen atoms in total. The summed E-state index contributed by atoms with van der Waals surface area (Å²) in [6.45, 7) is 3.45. The molecule has 0 aliphatic heterocycles. The maximum Gasteiger partial charge on any atom is 0.306 e. The van der Waals surface area contributed by atoms with Gasteiger partial charge >= 0.3 is 5.97 Å². The average molecular weight is 469 g/mol. The second-order valence-corrected chi connectivity index (χ2v) is 9.76. The summed E-state index contributed by atoms with van der Waals surface area (Å²) in [5.41, 5.74) is 2.21. The molecule has 0 saturated heterocycles. The standard InChI is InChI=1S/C24H28N4O4S/c1-14-9-17(11-19(10-14)28-23-25-8-7-15(2)27-23)20-12-26-22(33-20)24(32,13-29)18-5-3-16(4-6-18)21(30)31/h7-12,16,18,29,32H,3-6,13H2,1-2H3,(H,30,31)(H,25,27,28). The Bertz CT molecular complexity index is 1140. The Labute approximate surface area is 196 Å². The van der Waals surface area contributed by atoms with Gasteiger partial charge in [-0.25, -0.2) is 15.0 Å². The van der Waals surface area contributed by atoms with Gasteiger partial charge in [0.25, 0.3) is 0 Å². The molecule has 4 rings (SSSR count). The van der Waals surface area contributed by atoms with Gasteiger partial charge in [0.15, 0.2) is 0 Å². The summed E-state index contributed by atoms with van der Waals surface area (Å²) in [7, 11) is 0. The van der Waals surface area contributed by atoms with Gasteiger partial charge in [-0.2, -0.15) is 0 Å². The third-order valence-corrected chi connectivity index (χ3v) is 7.49. The Morgan fingerprint density at radius 1 is 1.18 bits per heavy atom. The van der Waals surface area contributed by atoms with Crippen LogP contribution < -0.4 is 5.32 Å². The molecule has 1 fully saturated rings. The van der Waals surface area contributed by atoms with Gasteiger partial charge in [-0.1, -0.05) is 6.07 Å². The van der Waals surface area contributed by atoms with Crippen molar-refractivity contribution >= 4 is 28.9 Å². The van der Waals surface area contributed by atoms with Crippen LogP contribution in [-0.2, 0) is 10.4 Å². The first kappa shape index (κ1) is 23.3. The molecule has 2 aromatic heterocycles. The number of anilines is 2. The molecule has 4 N–H and O–H groups in total. The lowest BCUT2D eigenvalue weighted by Crippen LogP contribution is -2.41. The van der Waals surface area contributed by atoms with E-state index in [-0.39, 0.29) is 11.8 Å². The molecule has 1 atom stereocenters. The van der Waals surface area contributed by atoms with Crippen LogP contribution in [0.15, 0.2) is 36.7 Å². The molecule has 1 aliphatic carbocycles. The highest BCUT2D eigenvalue weighted by atomic mass is 32.1. The van der Waals surface area contributed by atoms with E-state index in [1.807, 2.05) is 38.1 Å². The van der Waals surface area contributed by atoms with E-state index in [0.29, 0.717) is 36.6 Å². The molecule has 1 aromatic carbocycles. The molecule has 1 unspecified atom stereocenters. The van der Waals surface area contributed by atoms with Gasteiger partial charge in [-0.15, -0.1) is 11.3 Å². The van der Waals surface area contributed by atoms with Gasteiger partial charge in [0.1, 0.15) is 10.6 Å². The van der Waals surface area contributed by atoms with Gasteiger partial charge < -0.3 is 20.6 Å². The number of carboxylic acids is 1. The molecule has 9 heteroatoms. The lowest BCUT2D eigenvalue weighted by molar-refractivity contribution is -0.145. The number of carbonyl (C=O) groups is 1. The van der Waals surface area contributed by atoms with E-state index in [1.54, 1.807) is 12.4 Å². The fourth-order valence-corrected chi connectivity index (χ4v) is 5.50. The summed E-state index contributed by atoms with van der Waals surface area (Å²) >= 11 is 1.35. The van der Waals surface area contributed by atoms with Crippen LogP contribution in [0.4, 0.5) is 11.6 Å².